The molecule has 1 aromatic rings. The Bertz CT molecular complexity index is 438. The maximum Gasteiger partial charge on any atom is 0.227 e. The highest BCUT2D eigenvalue weighted by Crippen LogP contribution is 2.34. The van der Waals surface area contributed by atoms with Crippen LogP contribution in [-0.2, 0) is 4.79 Å². The number of carbonyl (C=O) groups excluding carboxylic acids is 1. The van der Waals surface area contributed by atoms with Crippen LogP contribution in [0.2, 0.25) is 5.02 Å². The van der Waals surface area contributed by atoms with Gasteiger partial charge in [0.1, 0.15) is 0 Å². The van der Waals surface area contributed by atoms with Crippen LogP contribution in [0.3, 0.4) is 0 Å². The SMILES string of the molecule is O=C(Nc1c(Br)cc(Cl)cc1Br)C1CCNCC1. The summed E-state index contributed by atoms with van der Waals surface area (Å²) >= 11 is 12.7. The van der Waals surface area contributed by atoms with Gasteiger partial charge in [0, 0.05) is 19.9 Å². The normalized spacial score (nSPS) is 16.6. The van der Waals surface area contributed by atoms with Gasteiger partial charge in [0.05, 0.1) is 5.69 Å². The molecule has 3 nitrogen and oxygen atoms in total. The lowest BCUT2D eigenvalue weighted by Crippen LogP contribution is -2.34. The number of benzene rings is 1. The molecule has 98 valence electrons. The van der Waals surface area contributed by atoms with Crippen LogP contribution in [0.1, 0.15) is 12.8 Å². The predicted octanol–water partition coefficient (Wildman–Crippen LogP) is 3.80. The number of carbonyl (C=O) groups is 1. The highest BCUT2D eigenvalue weighted by molar-refractivity contribution is 9.11. The summed E-state index contributed by atoms with van der Waals surface area (Å²) in [5.74, 6) is 0.154. The Morgan fingerprint density at radius 1 is 1.28 bits per heavy atom. The van der Waals surface area contributed by atoms with Gasteiger partial charge in [0.25, 0.3) is 0 Å². The number of piperidine rings is 1. The molecule has 0 spiro atoms. The monoisotopic (exact) mass is 394 g/mol. The molecule has 0 aromatic heterocycles. The third-order valence-corrected chi connectivity index (χ3v) is 4.43. The smallest absolute Gasteiger partial charge is 0.227 e. The van der Waals surface area contributed by atoms with Gasteiger partial charge in [-0.25, -0.2) is 0 Å². The number of anilines is 1. The Hall–Kier alpha value is -0.100. The lowest BCUT2D eigenvalue weighted by Gasteiger charge is -2.22. The average Bonchev–Trinajstić information content (AvgIpc) is 2.34. The van der Waals surface area contributed by atoms with Crippen molar-refractivity contribution in [2.24, 2.45) is 5.92 Å². The Morgan fingerprint density at radius 2 is 1.83 bits per heavy atom. The standard InChI is InChI=1S/C12H13Br2ClN2O/c13-9-5-8(15)6-10(14)11(9)17-12(18)7-1-3-16-4-2-7/h5-7,16H,1-4H2,(H,17,18). The van der Waals surface area contributed by atoms with Gasteiger partial charge in [-0.15, -0.1) is 0 Å². The van der Waals surface area contributed by atoms with Gasteiger partial charge in [-0.3, -0.25) is 4.79 Å². The number of hydrogen-bond acceptors (Lipinski definition) is 2. The number of rotatable bonds is 2. The molecule has 1 aliphatic rings. The largest absolute Gasteiger partial charge is 0.324 e. The summed E-state index contributed by atoms with van der Waals surface area (Å²) in [6.45, 7) is 1.81. The maximum atomic E-state index is 12.1. The van der Waals surface area contributed by atoms with Crippen LogP contribution < -0.4 is 10.6 Å². The zero-order valence-electron chi connectivity index (χ0n) is 9.60. The second kappa shape index (κ2) is 6.37. The van der Waals surface area contributed by atoms with Crippen molar-refractivity contribution in [2.75, 3.05) is 18.4 Å². The summed E-state index contributed by atoms with van der Waals surface area (Å²) < 4.78 is 1.56. The van der Waals surface area contributed by atoms with E-state index in [0.29, 0.717) is 5.02 Å². The summed E-state index contributed by atoms with van der Waals surface area (Å²) in [5, 5.41) is 6.82. The lowest BCUT2D eigenvalue weighted by molar-refractivity contribution is -0.120. The van der Waals surface area contributed by atoms with Crippen molar-refractivity contribution >= 4 is 55.1 Å². The average molecular weight is 397 g/mol. The minimum atomic E-state index is 0.0697. The molecule has 0 aliphatic carbocycles. The Labute approximate surface area is 128 Å². The van der Waals surface area contributed by atoms with Crippen molar-refractivity contribution in [1.82, 2.24) is 5.32 Å². The van der Waals surface area contributed by atoms with Crippen LogP contribution in [-0.4, -0.2) is 19.0 Å². The third kappa shape index (κ3) is 3.47. The van der Waals surface area contributed by atoms with Crippen LogP contribution in [0.4, 0.5) is 5.69 Å². The maximum absolute atomic E-state index is 12.1. The van der Waals surface area contributed by atoms with Gasteiger partial charge in [-0.05, 0) is 69.9 Å². The van der Waals surface area contributed by atoms with E-state index in [1.807, 2.05) is 0 Å². The van der Waals surface area contributed by atoms with Crippen molar-refractivity contribution in [1.29, 1.82) is 0 Å². The Kier molecular flexibility index (Phi) is 5.06. The first-order valence-electron chi connectivity index (χ1n) is 5.74. The second-order valence-corrected chi connectivity index (χ2v) is 6.40. The van der Waals surface area contributed by atoms with Gasteiger partial charge in [-0.1, -0.05) is 11.6 Å². The molecule has 0 bridgehead atoms. The van der Waals surface area contributed by atoms with Crippen molar-refractivity contribution < 1.29 is 4.79 Å². The van der Waals surface area contributed by atoms with Gasteiger partial charge in [0.15, 0.2) is 0 Å². The van der Waals surface area contributed by atoms with Crippen LogP contribution in [0.5, 0.6) is 0 Å². The molecule has 1 aromatic carbocycles. The summed E-state index contributed by atoms with van der Waals surface area (Å²) in [4.78, 5) is 12.1. The van der Waals surface area contributed by atoms with E-state index in [1.54, 1.807) is 12.1 Å². The minimum absolute atomic E-state index is 0.0697. The second-order valence-electron chi connectivity index (χ2n) is 4.26. The van der Waals surface area contributed by atoms with Crippen LogP contribution in [0.15, 0.2) is 21.1 Å². The quantitative estimate of drug-likeness (QED) is 0.798. The molecular formula is C12H13Br2ClN2O. The highest BCUT2D eigenvalue weighted by atomic mass is 79.9. The van der Waals surface area contributed by atoms with Crippen LogP contribution in [0, 0.1) is 5.92 Å². The van der Waals surface area contributed by atoms with Gasteiger partial charge in [-0.2, -0.15) is 0 Å². The Morgan fingerprint density at radius 3 is 2.39 bits per heavy atom. The molecular weight excluding hydrogens is 383 g/mol. The van der Waals surface area contributed by atoms with E-state index in [1.165, 1.54) is 0 Å². The number of halogens is 3. The fourth-order valence-corrected chi connectivity index (χ4v) is 3.84. The van der Waals surface area contributed by atoms with E-state index in [4.69, 9.17) is 11.6 Å². The van der Waals surface area contributed by atoms with E-state index in [0.717, 1.165) is 40.6 Å². The molecule has 1 aliphatic heterocycles. The highest BCUT2D eigenvalue weighted by Gasteiger charge is 2.22. The van der Waals surface area contributed by atoms with E-state index < -0.39 is 0 Å². The van der Waals surface area contributed by atoms with Crippen molar-refractivity contribution in [3.8, 4) is 0 Å². The van der Waals surface area contributed by atoms with Crippen molar-refractivity contribution in [3.63, 3.8) is 0 Å². The first-order chi connectivity index (χ1) is 8.58. The number of hydrogen-bond donors (Lipinski definition) is 2. The molecule has 0 atom stereocenters. The number of amides is 1. The summed E-state index contributed by atoms with van der Waals surface area (Å²) in [5.41, 5.74) is 0.739. The third-order valence-electron chi connectivity index (χ3n) is 2.97. The molecule has 0 saturated carbocycles. The molecule has 1 amide bonds. The minimum Gasteiger partial charge on any atom is -0.324 e. The first-order valence-corrected chi connectivity index (χ1v) is 7.70. The molecule has 0 unspecified atom stereocenters. The fourth-order valence-electron chi connectivity index (χ4n) is 1.97. The van der Waals surface area contributed by atoms with Crippen molar-refractivity contribution in [3.05, 3.63) is 26.1 Å². The van der Waals surface area contributed by atoms with E-state index in [9.17, 15) is 4.79 Å². The van der Waals surface area contributed by atoms with E-state index >= 15 is 0 Å². The molecule has 0 radical (unpaired) electrons. The predicted molar refractivity (Wildman–Crippen MR) is 81.1 cm³/mol. The van der Waals surface area contributed by atoms with Crippen molar-refractivity contribution in [2.45, 2.75) is 12.8 Å². The molecule has 6 heteroatoms. The zero-order chi connectivity index (χ0) is 13.1. The molecule has 2 rings (SSSR count). The van der Waals surface area contributed by atoms with Gasteiger partial charge in [0.2, 0.25) is 5.91 Å². The Balaban J connectivity index is 2.11. The molecule has 1 fully saturated rings. The van der Waals surface area contributed by atoms with Gasteiger partial charge < -0.3 is 10.6 Å². The number of nitrogens with one attached hydrogen (secondary N) is 2. The summed E-state index contributed by atoms with van der Waals surface area (Å²) in [7, 11) is 0. The molecule has 2 N–H and O–H groups in total. The van der Waals surface area contributed by atoms with E-state index in [2.05, 4.69) is 42.5 Å². The molecule has 18 heavy (non-hydrogen) atoms. The van der Waals surface area contributed by atoms with Gasteiger partial charge >= 0.3 is 0 Å². The lowest BCUT2D eigenvalue weighted by atomic mass is 9.97. The van der Waals surface area contributed by atoms with Crippen LogP contribution >= 0.6 is 43.5 Å². The summed E-state index contributed by atoms with van der Waals surface area (Å²) in [6, 6.07) is 3.54. The summed E-state index contributed by atoms with van der Waals surface area (Å²) in [6.07, 6.45) is 1.77. The topological polar surface area (TPSA) is 41.1 Å². The first kappa shape index (κ1) is 14.3. The van der Waals surface area contributed by atoms with Crippen LogP contribution in [0.25, 0.3) is 0 Å². The molecule has 1 saturated heterocycles. The zero-order valence-corrected chi connectivity index (χ0v) is 13.5. The fraction of sp³-hybridized carbons (Fsp3) is 0.417. The van der Waals surface area contributed by atoms with E-state index in [-0.39, 0.29) is 11.8 Å². The molecule has 1 heterocycles.